The van der Waals surface area contributed by atoms with E-state index in [2.05, 4.69) is 36.1 Å². The first kappa shape index (κ1) is 27.2. The van der Waals surface area contributed by atoms with Crippen LogP contribution in [-0.4, -0.2) is 26.1 Å². The molecule has 5 rings (SSSR count). The predicted molar refractivity (Wildman–Crippen MR) is 156 cm³/mol. The number of halogens is 2. The zero-order valence-electron chi connectivity index (χ0n) is 21.7. The summed E-state index contributed by atoms with van der Waals surface area (Å²) in [6.45, 7) is 4.02. The maximum atomic E-state index is 13.5. The van der Waals surface area contributed by atoms with Crippen molar-refractivity contribution < 1.29 is 13.7 Å². The summed E-state index contributed by atoms with van der Waals surface area (Å²) in [4.78, 5) is 23.7. The zero-order chi connectivity index (χ0) is 28.9. The SMILES string of the molecule is Cc1ccc(Nc2nc(N/N=C/c3ccc(-c4ccc(F)c(Cl)c4)o3)nc(Nc3ccc([N+](=O)[O-])cc3)n2)cc1C. The zero-order valence-corrected chi connectivity index (χ0v) is 22.5. The first-order valence-corrected chi connectivity index (χ1v) is 12.6. The Kier molecular flexibility index (Phi) is 7.83. The highest BCUT2D eigenvalue weighted by atomic mass is 35.5. The van der Waals surface area contributed by atoms with Gasteiger partial charge in [0, 0.05) is 29.1 Å². The van der Waals surface area contributed by atoms with E-state index in [0.717, 1.165) is 16.8 Å². The number of aryl methyl sites for hydroxylation is 2. The minimum Gasteiger partial charge on any atom is -0.455 e. The van der Waals surface area contributed by atoms with Crippen molar-refractivity contribution in [2.75, 3.05) is 16.1 Å². The molecule has 0 saturated heterocycles. The molecule has 0 amide bonds. The lowest BCUT2D eigenvalue weighted by Gasteiger charge is -2.11. The molecule has 0 bridgehead atoms. The van der Waals surface area contributed by atoms with Crippen LogP contribution in [0.15, 0.2) is 82.3 Å². The third kappa shape index (κ3) is 6.81. The van der Waals surface area contributed by atoms with Crippen LogP contribution >= 0.6 is 11.6 Å². The number of furan rings is 1. The highest BCUT2D eigenvalue weighted by Gasteiger charge is 2.11. The van der Waals surface area contributed by atoms with Gasteiger partial charge in [-0.15, -0.1) is 0 Å². The Morgan fingerprint density at radius 1 is 0.878 bits per heavy atom. The molecule has 0 spiro atoms. The minimum absolute atomic E-state index is 0.00558. The number of anilines is 5. The molecule has 5 aromatic rings. The quantitative estimate of drug-likeness (QED) is 0.0935. The Balaban J connectivity index is 1.37. The standard InChI is InChI=1S/C28H22ClFN8O3/c1-16-3-5-20(13-17(16)2)33-27-34-26(32-19-6-8-21(9-7-19)38(39)40)35-28(36-27)37-31-15-22-10-12-25(41-22)18-4-11-24(30)23(29)14-18/h3-15H,1-2H3,(H3,32,33,34,35,36,37)/b31-15+. The number of non-ortho nitro benzene ring substituents is 1. The number of hydrogen-bond acceptors (Lipinski definition) is 10. The van der Waals surface area contributed by atoms with E-state index >= 15 is 0 Å². The van der Waals surface area contributed by atoms with Crippen LogP contribution in [0.2, 0.25) is 5.02 Å². The number of nitrogens with zero attached hydrogens (tertiary/aromatic N) is 5. The molecule has 0 unspecified atom stereocenters. The monoisotopic (exact) mass is 572 g/mol. The van der Waals surface area contributed by atoms with Crippen molar-refractivity contribution in [3.05, 3.63) is 111 Å². The average molecular weight is 573 g/mol. The van der Waals surface area contributed by atoms with Crippen LogP contribution in [-0.2, 0) is 0 Å². The van der Waals surface area contributed by atoms with Gasteiger partial charge in [0.1, 0.15) is 17.3 Å². The molecule has 3 aromatic carbocycles. The number of nitro groups is 1. The highest BCUT2D eigenvalue weighted by molar-refractivity contribution is 6.31. The number of benzene rings is 3. The van der Waals surface area contributed by atoms with E-state index in [4.69, 9.17) is 16.0 Å². The summed E-state index contributed by atoms with van der Waals surface area (Å²) >= 11 is 5.87. The fraction of sp³-hybridized carbons (Fsp3) is 0.0714. The molecule has 2 heterocycles. The molecule has 0 aliphatic carbocycles. The van der Waals surface area contributed by atoms with Gasteiger partial charge in [-0.1, -0.05) is 17.7 Å². The number of hydrazone groups is 1. The summed E-state index contributed by atoms with van der Waals surface area (Å²) in [6.07, 6.45) is 1.43. The molecule has 0 aliphatic heterocycles. The van der Waals surface area contributed by atoms with Gasteiger partial charge >= 0.3 is 0 Å². The van der Waals surface area contributed by atoms with Crippen molar-refractivity contribution in [2.45, 2.75) is 13.8 Å². The lowest BCUT2D eigenvalue weighted by Crippen LogP contribution is -2.07. The molecule has 0 aliphatic rings. The summed E-state index contributed by atoms with van der Waals surface area (Å²) in [6, 6.07) is 19.4. The second-order valence-corrected chi connectivity index (χ2v) is 9.27. The van der Waals surface area contributed by atoms with Crippen molar-refractivity contribution in [1.29, 1.82) is 0 Å². The van der Waals surface area contributed by atoms with Gasteiger partial charge in [-0.3, -0.25) is 10.1 Å². The molecular formula is C28H22ClFN8O3. The van der Waals surface area contributed by atoms with Gasteiger partial charge in [0.25, 0.3) is 5.69 Å². The molecule has 0 saturated carbocycles. The lowest BCUT2D eigenvalue weighted by molar-refractivity contribution is -0.384. The molecule has 3 N–H and O–H groups in total. The van der Waals surface area contributed by atoms with E-state index < -0.39 is 10.7 Å². The van der Waals surface area contributed by atoms with Crippen LogP contribution in [0.4, 0.5) is 39.3 Å². The number of aromatic nitrogens is 3. The first-order valence-electron chi connectivity index (χ1n) is 12.2. The molecular weight excluding hydrogens is 551 g/mol. The fourth-order valence-corrected chi connectivity index (χ4v) is 3.84. The number of nitrogens with one attached hydrogen (secondary N) is 3. The highest BCUT2D eigenvalue weighted by Crippen LogP contribution is 2.26. The summed E-state index contributed by atoms with van der Waals surface area (Å²) < 4.78 is 19.2. The van der Waals surface area contributed by atoms with Crippen LogP contribution in [0.1, 0.15) is 16.9 Å². The van der Waals surface area contributed by atoms with E-state index in [1.54, 1.807) is 30.3 Å². The second-order valence-electron chi connectivity index (χ2n) is 8.86. The van der Waals surface area contributed by atoms with Crippen molar-refractivity contribution in [2.24, 2.45) is 5.10 Å². The van der Waals surface area contributed by atoms with E-state index in [1.165, 1.54) is 30.5 Å². The van der Waals surface area contributed by atoms with Crippen LogP contribution in [0.25, 0.3) is 11.3 Å². The summed E-state index contributed by atoms with van der Waals surface area (Å²) in [7, 11) is 0. The summed E-state index contributed by atoms with van der Waals surface area (Å²) in [5.41, 5.74) is 6.90. The van der Waals surface area contributed by atoms with Gasteiger partial charge in [0.2, 0.25) is 17.8 Å². The molecule has 2 aromatic heterocycles. The normalized spacial score (nSPS) is 11.0. The molecule has 41 heavy (non-hydrogen) atoms. The molecule has 0 atom stereocenters. The molecule has 0 fully saturated rings. The maximum absolute atomic E-state index is 13.5. The largest absolute Gasteiger partial charge is 0.455 e. The molecule has 206 valence electrons. The van der Waals surface area contributed by atoms with Crippen LogP contribution in [0.3, 0.4) is 0 Å². The topological polar surface area (TPSA) is 143 Å². The maximum Gasteiger partial charge on any atom is 0.269 e. The minimum atomic E-state index is -0.515. The van der Waals surface area contributed by atoms with E-state index in [-0.39, 0.29) is 28.6 Å². The Hall–Kier alpha value is -5.36. The van der Waals surface area contributed by atoms with Gasteiger partial charge in [0.05, 0.1) is 16.2 Å². The van der Waals surface area contributed by atoms with Gasteiger partial charge in [-0.05, 0) is 79.6 Å². The van der Waals surface area contributed by atoms with Crippen molar-refractivity contribution in [3.8, 4) is 11.3 Å². The molecule has 11 nitrogen and oxygen atoms in total. The predicted octanol–water partition coefficient (Wildman–Crippen LogP) is 7.38. The average Bonchev–Trinajstić information content (AvgIpc) is 3.41. The Morgan fingerprint density at radius 3 is 2.24 bits per heavy atom. The summed E-state index contributed by atoms with van der Waals surface area (Å²) in [5, 5.41) is 21.3. The molecule has 13 heteroatoms. The Morgan fingerprint density at radius 2 is 1.56 bits per heavy atom. The van der Waals surface area contributed by atoms with Gasteiger partial charge in [0.15, 0.2) is 0 Å². The molecule has 0 radical (unpaired) electrons. The second kappa shape index (κ2) is 11.8. The van der Waals surface area contributed by atoms with Crippen molar-refractivity contribution >= 4 is 52.7 Å². The first-order chi connectivity index (χ1) is 19.7. The van der Waals surface area contributed by atoms with E-state index in [9.17, 15) is 14.5 Å². The third-order valence-electron chi connectivity index (χ3n) is 5.92. The lowest BCUT2D eigenvalue weighted by atomic mass is 10.1. The van der Waals surface area contributed by atoms with Gasteiger partial charge in [-0.25, -0.2) is 9.82 Å². The van der Waals surface area contributed by atoms with Crippen molar-refractivity contribution in [1.82, 2.24) is 15.0 Å². The van der Waals surface area contributed by atoms with E-state index in [1.807, 2.05) is 32.0 Å². The van der Waals surface area contributed by atoms with Gasteiger partial charge in [-0.2, -0.15) is 20.1 Å². The van der Waals surface area contributed by atoms with Crippen LogP contribution in [0, 0.1) is 29.8 Å². The van der Waals surface area contributed by atoms with E-state index in [0.29, 0.717) is 22.8 Å². The smallest absolute Gasteiger partial charge is 0.269 e. The number of rotatable bonds is 9. The Labute approximate surface area is 238 Å². The summed E-state index contributed by atoms with van der Waals surface area (Å²) in [5.74, 6) is 0.913. The van der Waals surface area contributed by atoms with Crippen molar-refractivity contribution in [3.63, 3.8) is 0 Å². The fourth-order valence-electron chi connectivity index (χ4n) is 3.66. The number of nitro benzene ring substituents is 1. The van der Waals surface area contributed by atoms with Crippen LogP contribution < -0.4 is 16.1 Å². The van der Waals surface area contributed by atoms with Crippen LogP contribution in [0.5, 0.6) is 0 Å². The van der Waals surface area contributed by atoms with Gasteiger partial charge < -0.3 is 15.1 Å². The third-order valence-corrected chi connectivity index (χ3v) is 6.21. The number of hydrogen-bond donors (Lipinski definition) is 3. The Bertz CT molecular complexity index is 1760.